The first-order valence-electron chi connectivity index (χ1n) is 2.75. The maximum atomic E-state index is 12.1. The number of halogens is 4. The summed E-state index contributed by atoms with van der Waals surface area (Å²) in [5, 5.41) is 0. The topological polar surface area (TPSA) is 0 Å². The second-order valence-corrected chi connectivity index (χ2v) is 1.91. The predicted molar refractivity (Wildman–Crippen MR) is 30.2 cm³/mol. The Bertz CT molecular complexity index is 251. The van der Waals surface area contributed by atoms with Crippen molar-refractivity contribution < 1.29 is 17.6 Å². The minimum atomic E-state index is -4.51. The summed E-state index contributed by atoms with van der Waals surface area (Å²) in [5.74, 6) is -1.00. The van der Waals surface area contributed by atoms with Gasteiger partial charge in [-0.1, -0.05) is 6.07 Å². The Labute approximate surface area is 60.5 Å². The summed E-state index contributed by atoms with van der Waals surface area (Å²) >= 11 is 0. The average Bonchev–Trinajstić information content (AvgIpc) is 1.86. The van der Waals surface area contributed by atoms with Crippen LogP contribution in [0.4, 0.5) is 17.6 Å². The highest BCUT2D eigenvalue weighted by Gasteiger charge is 2.30. The van der Waals surface area contributed by atoms with Crippen molar-refractivity contribution in [2.75, 3.05) is 0 Å². The van der Waals surface area contributed by atoms with Crippen molar-refractivity contribution in [1.82, 2.24) is 0 Å². The Morgan fingerprint density at radius 3 is 2.18 bits per heavy atom. The summed E-state index contributed by atoms with van der Waals surface area (Å²) in [5.41, 5.74) is -1.09. The van der Waals surface area contributed by atoms with Gasteiger partial charge in [-0.25, -0.2) is 4.39 Å². The third-order valence-corrected chi connectivity index (χ3v) is 1.06. The van der Waals surface area contributed by atoms with E-state index in [0.717, 1.165) is 18.2 Å². The van der Waals surface area contributed by atoms with Gasteiger partial charge in [0.1, 0.15) is 5.82 Å². The molecule has 0 heterocycles. The van der Waals surface area contributed by atoms with Crippen LogP contribution in [0.25, 0.3) is 0 Å². The molecule has 0 atom stereocenters. The molecule has 1 radical (unpaired) electrons. The predicted octanol–water partition coefficient (Wildman–Crippen LogP) is 2.64. The van der Waals surface area contributed by atoms with E-state index in [4.69, 9.17) is 0 Å². The van der Waals surface area contributed by atoms with Crippen molar-refractivity contribution in [2.45, 2.75) is 6.18 Å². The molecule has 1 aromatic carbocycles. The first kappa shape index (κ1) is 8.04. The first-order chi connectivity index (χ1) is 5.00. The standard InChI is InChI=1S/C7H3F4/c8-6-3-1-2-5(4-6)7(9,10)11/h1-3H. The summed E-state index contributed by atoms with van der Waals surface area (Å²) < 4.78 is 47.5. The molecule has 0 aliphatic rings. The molecule has 0 saturated heterocycles. The van der Waals surface area contributed by atoms with E-state index in [0.29, 0.717) is 0 Å². The fraction of sp³-hybridized carbons (Fsp3) is 0.143. The highest BCUT2D eigenvalue weighted by molar-refractivity contribution is 5.17. The van der Waals surface area contributed by atoms with Gasteiger partial charge in [0.15, 0.2) is 0 Å². The molecule has 1 rings (SSSR count). The minimum Gasteiger partial charge on any atom is -0.206 e. The summed E-state index contributed by atoms with van der Waals surface area (Å²) in [6.07, 6.45) is -4.51. The van der Waals surface area contributed by atoms with E-state index in [-0.39, 0.29) is 0 Å². The van der Waals surface area contributed by atoms with Crippen LogP contribution in [0, 0.1) is 11.9 Å². The SMILES string of the molecule is Fc1[c]c(C(F)(F)F)ccc1. The average molecular weight is 163 g/mol. The van der Waals surface area contributed by atoms with Crippen molar-refractivity contribution in [1.29, 1.82) is 0 Å². The molecule has 11 heavy (non-hydrogen) atoms. The Hall–Kier alpha value is -1.06. The molecule has 59 valence electrons. The van der Waals surface area contributed by atoms with Crippen molar-refractivity contribution in [3.05, 3.63) is 35.6 Å². The summed E-state index contributed by atoms with van der Waals surface area (Å²) in [6, 6.07) is 4.23. The van der Waals surface area contributed by atoms with Crippen molar-refractivity contribution in [2.24, 2.45) is 0 Å². The lowest BCUT2D eigenvalue weighted by Gasteiger charge is -2.04. The molecule has 0 spiro atoms. The Kier molecular flexibility index (Phi) is 1.85. The monoisotopic (exact) mass is 163 g/mol. The van der Waals surface area contributed by atoms with Crippen LogP contribution in [0.2, 0.25) is 0 Å². The van der Waals surface area contributed by atoms with E-state index < -0.39 is 17.6 Å². The third-order valence-electron chi connectivity index (χ3n) is 1.06. The Morgan fingerprint density at radius 2 is 1.82 bits per heavy atom. The Balaban J connectivity index is 3.06. The molecule has 0 amide bonds. The van der Waals surface area contributed by atoms with Gasteiger partial charge >= 0.3 is 6.18 Å². The smallest absolute Gasteiger partial charge is 0.206 e. The summed E-state index contributed by atoms with van der Waals surface area (Å²) in [4.78, 5) is 0. The zero-order chi connectivity index (χ0) is 8.48. The van der Waals surface area contributed by atoms with Crippen LogP contribution in [-0.2, 0) is 6.18 Å². The quantitative estimate of drug-likeness (QED) is 0.515. The van der Waals surface area contributed by atoms with Gasteiger partial charge in [-0.3, -0.25) is 0 Å². The molecule has 0 N–H and O–H groups in total. The molecule has 4 heteroatoms. The van der Waals surface area contributed by atoms with Crippen LogP contribution in [-0.4, -0.2) is 0 Å². The van der Waals surface area contributed by atoms with Gasteiger partial charge < -0.3 is 0 Å². The molecule has 0 aromatic heterocycles. The highest BCUT2D eigenvalue weighted by Crippen LogP contribution is 2.28. The van der Waals surface area contributed by atoms with Crippen molar-refractivity contribution in [3.63, 3.8) is 0 Å². The second-order valence-electron chi connectivity index (χ2n) is 1.91. The van der Waals surface area contributed by atoms with Gasteiger partial charge in [0.05, 0.1) is 5.56 Å². The molecule has 0 fully saturated rings. The molecular weight excluding hydrogens is 160 g/mol. The molecule has 0 nitrogen and oxygen atoms in total. The van der Waals surface area contributed by atoms with Gasteiger partial charge in [0, 0.05) is 6.07 Å². The van der Waals surface area contributed by atoms with E-state index in [2.05, 4.69) is 0 Å². The normalized spacial score (nSPS) is 11.6. The van der Waals surface area contributed by atoms with E-state index in [1.165, 1.54) is 0 Å². The first-order valence-corrected chi connectivity index (χ1v) is 2.75. The van der Waals surface area contributed by atoms with Crippen molar-refractivity contribution in [3.8, 4) is 0 Å². The van der Waals surface area contributed by atoms with Gasteiger partial charge in [-0.15, -0.1) is 0 Å². The van der Waals surface area contributed by atoms with Gasteiger partial charge in [-0.05, 0) is 12.1 Å². The van der Waals surface area contributed by atoms with Crippen LogP contribution >= 0.6 is 0 Å². The van der Waals surface area contributed by atoms with Gasteiger partial charge in [-0.2, -0.15) is 13.2 Å². The number of hydrogen-bond donors (Lipinski definition) is 0. The second kappa shape index (κ2) is 2.53. The zero-order valence-electron chi connectivity index (χ0n) is 5.24. The molecule has 0 aliphatic carbocycles. The van der Waals surface area contributed by atoms with Gasteiger partial charge in [0.2, 0.25) is 0 Å². The molecule has 0 bridgehead atoms. The lowest BCUT2D eigenvalue weighted by atomic mass is 10.2. The molecule has 0 aliphatic heterocycles. The van der Waals surface area contributed by atoms with Crippen LogP contribution in [0.15, 0.2) is 18.2 Å². The number of rotatable bonds is 0. The van der Waals surface area contributed by atoms with E-state index in [9.17, 15) is 17.6 Å². The number of hydrogen-bond acceptors (Lipinski definition) is 0. The maximum Gasteiger partial charge on any atom is 0.417 e. The number of benzene rings is 1. The van der Waals surface area contributed by atoms with E-state index in [1.54, 1.807) is 6.07 Å². The summed E-state index contributed by atoms with van der Waals surface area (Å²) in [6.45, 7) is 0. The zero-order valence-corrected chi connectivity index (χ0v) is 5.24. The minimum absolute atomic E-state index is 0.767. The van der Waals surface area contributed by atoms with Crippen LogP contribution in [0.3, 0.4) is 0 Å². The fourth-order valence-electron chi connectivity index (χ4n) is 0.606. The largest absolute Gasteiger partial charge is 0.417 e. The van der Waals surface area contributed by atoms with Crippen molar-refractivity contribution >= 4 is 0 Å². The molecule has 0 saturated carbocycles. The number of alkyl halides is 3. The van der Waals surface area contributed by atoms with E-state index >= 15 is 0 Å². The lowest BCUT2D eigenvalue weighted by molar-refractivity contribution is -0.138. The van der Waals surface area contributed by atoms with Crippen LogP contribution < -0.4 is 0 Å². The fourth-order valence-corrected chi connectivity index (χ4v) is 0.606. The van der Waals surface area contributed by atoms with Crippen LogP contribution in [0.5, 0.6) is 0 Å². The maximum absolute atomic E-state index is 12.1. The lowest BCUT2D eigenvalue weighted by Crippen LogP contribution is -2.04. The molecular formula is C7H3F4. The third kappa shape index (κ3) is 1.93. The Morgan fingerprint density at radius 1 is 1.18 bits per heavy atom. The summed E-state index contributed by atoms with van der Waals surface area (Å²) in [7, 11) is 0. The highest BCUT2D eigenvalue weighted by atomic mass is 19.4. The van der Waals surface area contributed by atoms with Crippen LogP contribution in [0.1, 0.15) is 5.56 Å². The molecule has 1 aromatic rings. The van der Waals surface area contributed by atoms with Gasteiger partial charge in [0.25, 0.3) is 0 Å². The molecule has 0 unspecified atom stereocenters. The van der Waals surface area contributed by atoms with E-state index in [1.807, 2.05) is 0 Å².